The van der Waals surface area contributed by atoms with E-state index in [1.54, 1.807) is 0 Å². The van der Waals surface area contributed by atoms with Gasteiger partial charge in [-0.2, -0.15) is 0 Å². The van der Waals surface area contributed by atoms with Crippen molar-refractivity contribution in [1.29, 1.82) is 0 Å². The fourth-order valence-electron chi connectivity index (χ4n) is 3.13. The number of hydrogen-bond donors (Lipinski definition) is 0. The second kappa shape index (κ2) is 3.87. The van der Waals surface area contributed by atoms with Crippen LogP contribution in [0.2, 0.25) is 0 Å². The molecule has 14 heavy (non-hydrogen) atoms. The molecule has 0 aromatic rings. The van der Waals surface area contributed by atoms with Gasteiger partial charge in [-0.15, -0.1) is 0 Å². The summed E-state index contributed by atoms with van der Waals surface area (Å²) in [5, 5.41) is 0. The molecule has 1 aliphatic rings. The van der Waals surface area contributed by atoms with Gasteiger partial charge in [0.05, 0.1) is 0 Å². The molecule has 1 rings (SSSR count). The molecule has 1 fully saturated rings. The maximum Gasteiger partial charge on any atom is -0.0249 e. The molecule has 0 aromatic heterocycles. The summed E-state index contributed by atoms with van der Waals surface area (Å²) in [6, 6.07) is 0. The van der Waals surface area contributed by atoms with Gasteiger partial charge in [-0.25, -0.2) is 0 Å². The average Bonchev–Trinajstić information content (AvgIpc) is 1.97. The van der Waals surface area contributed by atoms with Crippen LogP contribution < -0.4 is 0 Å². The zero-order valence-electron chi connectivity index (χ0n) is 11.0. The highest BCUT2D eigenvalue weighted by atomic mass is 14.5. The standard InChI is InChI=1S/C14H28/c1-7-8-14(6,13(3,4)5)12-9-11(2)10-12/h11-12H,7-10H2,1-6H3. The van der Waals surface area contributed by atoms with Crippen molar-refractivity contribution in [2.24, 2.45) is 22.7 Å². The second-order valence-electron chi connectivity index (χ2n) is 6.69. The minimum Gasteiger partial charge on any atom is -0.0654 e. The zero-order chi connectivity index (χ0) is 11.0. The van der Waals surface area contributed by atoms with Crippen LogP contribution in [0.25, 0.3) is 0 Å². The summed E-state index contributed by atoms with van der Waals surface area (Å²) in [6.07, 6.45) is 5.66. The Kier molecular flexibility index (Phi) is 3.33. The van der Waals surface area contributed by atoms with E-state index in [1.807, 2.05) is 0 Å². The van der Waals surface area contributed by atoms with E-state index in [0.29, 0.717) is 10.8 Å². The van der Waals surface area contributed by atoms with Crippen LogP contribution in [0.15, 0.2) is 0 Å². The van der Waals surface area contributed by atoms with Crippen LogP contribution in [0.4, 0.5) is 0 Å². The van der Waals surface area contributed by atoms with E-state index in [1.165, 1.54) is 25.7 Å². The predicted molar refractivity (Wildman–Crippen MR) is 64.4 cm³/mol. The normalized spacial score (nSPS) is 32.1. The maximum absolute atomic E-state index is 2.52. The van der Waals surface area contributed by atoms with Gasteiger partial charge in [0, 0.05) is 0 Å². The first kappa shape index (κ1) is 12.1. The molecule has 0 radical (unpaired) electrons. The third-order valence-electron chi connectivity index (χ3n) is 4.76. The first-order valence-corrected chi connectivity index (χ1v) is 6.31. The van der Waals surface area contributed by atoms with Gasteiger partial charge < -0.3 is 0 Å². The lowest BCUT2D eigenvalue weighted by molar-refractivity contribution is -0.0391. The van der Waals surface area contributed by atoms with E-state index in [9.17, 15) is 0 Å². The van der Waals surface area contributed by atoms with Gasteiger partial charge in [-0.3, -0.25) is 0 Å². The highest BCUT2D eigenvalue weighted by molar-refractivity contribution is 4.96. The topological polar surface area (TPSA) is 0 Å². The lowest BCUT2D eigenvalue weighted by atomic mass is 9.51. The Morgan fingerprint density at radius 3 is 1.86 bits per heavy atom. The second-order valence-corrected chi connectivity index (χ2v) is 6.69. The van der Waals surface area contributed by atoms with Crippen molar-refractivity contribution in [2.75, 3.05) is 0 Å². The van der Waals surface area contributed by atoms with Crippen LogP contribution in [0, 0.1) is 22.7 Å². The van der Waals surface area contributed by atoms with E-state index in [0.717, 1.165) is 11.8 Å². The smallest absolute Gasteiger partial charge is 0.0249 e. The molecule has 1 aliphatic carbocycles. The largest absolute Gasteiger partial charge is 0.0654 e. The molecule has 0 N–H and O–H groups in total. The summed E-state index contributed by atoms with van der Waals surface area (Å²) >= 11 is 0. The summed E-state index contributed by atoms with van der Waals surface area (Å²) in [6.45, 7) is 14.5. The Bertz CT molecular complexity index is 181. The molecule has 1 saturated carbocycles. The van der Waals surface area contributed by atoms with Crippen molar-refractivity contribution in [3.8, 4) is 0 Å². The Balaban J connectivity index is 2.72. The van der Waals surface area contributed by atoms with E-state index in [4.69, 9.17) is 0 Å². The molecule has 0 nitrogen and oxygen atoms in total. The Hall–Kier alpha value is 0. The van der Waals surface area contributed by atoms with Crippen molar-refractivity contribution >= 4 is 0 Å². The van der Waals surface area contributed by atoms with Gasteiger partial charge in [-0.05, 0) is 41.9 Å². The molecule has 0 spiro atoms. The highest BCUT2D eigenvalue weighted by Crippen LogP contribution is 2.56. The predicted octanol–water partition coefficient (Wildman–Crippen LogP) is 4.89. The van der Waals surface area contributed by atoms with Crippen LogP contribution in [-0.2, 0) is 0 Å². The monoisotopic (exact) mass is 196 g/mol. The van der Waals surface area contributed by atoms with Crippen LogP contribution >= 0.6 is 0 Å². The Morgan fingerprint density at radius 2 is 1.57 bits per heavy atom. The molecule has 1 unspecified atom stereocenters. The molecular formula is C14H28. The van der Waals surface area contributed by atoms with Crippen LogP contribution in [0.5, 0.6) is 0 Å². The van der Waals surface area contributed by atoms with Crippen LogP contribution in [0.3, 0.4) is 0 Å². The van der Waals surface area contributed by atoms with Crippen molar-refractivity contribution < 1.29 is 0 Å². The summed E-state index contributed by atoms with van der Waals surface area (Å²) in [7, 11) is 0. The highest BCUT2D eigenvalue weighted by Gasteiger charge is 2.47. The molecule has 0 aliphatic heterocycles. The zero-order valence-corrected chi connectivity index (χ0v) is 11.0. The molecule has 0 aromatic carbocycles. The fraction of sp³-hybridized carbons (Fsp3) is 1.00. The molecule has 0 amide bonds. The number of rotatable bonds is 3. The minimum atomic E-state index is 0.466. The van der Waals surface area contributed by atoms with Gasteiger partial charge in [0.2, 0.25) is 0 Å². The van der Waals surface area contributed by atoms with Gasteiger partial charge >= 0.3 is 0 Å². The van der Waals surface area contributed by atoms with Gasteiger partial charge in [0.15, 0.2) is 0 Å². The van der Waals surface area contributed by atoms with Crippen molar-refractivity contribution in [2.45, 2.75) is 67.2 Å². The first-order chi connectivity index (χ1) is 6.31. The molecule has 0 saturated heterocycles. The summed E-state index contributed by atoms with van der Waals surface area (Å²) in [5.41, 5.74) is 1.03. The van der Waals surface area contributed by atoms with Crippen LogP contribution in [-0.4, -0.2) is 0 Å². The summed E-state index contributed by atoms with van der Waals surface area (Å²) in [4.78, 5) is 0. The van der Waals surface area contributed by atoms with Gasteiger partial charge in [-0.1, -0.05) is 48.0 Å². The van der Waals surface area contributed by atoms with Crippen LogP contribution in [0.1, 0.15) is 67.2 Å². The lowest BCUT2D eigenvalue weighted by Crippen LogP contribution is -2.45. The molecular weight excluding hydrogens is 168 g/mol. The van der Waals surface area contributed by atoms with E-state index in [-0.39, 0.29) is 0 Å². The minimum absolute atomic E-state index is 0.466. The molecule has 0 bridgehead atoms. The molecule has 1 atom stereocenters. The molecule has 0 heteroatoms. The quantitative estimate of drug-likeness (QED) is 0.603. The summed E-state index contributed by atoms with van der Waals surface area (Å²) < 4.78 is 0. The first-order valence-electron chi connectivity index (χ1n) is 6.31. The fourth-order valence-corrected chi connectivity index (χ4v) is 3.13. The lowest BCUT2D eigenvalue weighted by Gasteiger charge is -2.53. The van der Waals surface area contributed by atoms with Gasteiger partial charge in [0.1, 0.15) is 0 Å². The molecule has 84 valence electrons. The van der Waals surface area contributed by atoms with E-state index in [2.05, 4.69) is 41.5 Å². The summed E-state index contributed by atoms with van der Waals surface area (Å²) in [5.74, 6) is 1.97. The SMILES string of the molecule is CCCC(C)(C1CC(C)C1)C(C)(C)C. The maximum atomic E-state index is 2.52. The Labute approximate surface area is 90.5 Å². The van der Waals surface area contributed by atoms with Crippen molar-refractivity contribution in [3.05, 3.63) is 0 Å². The van der Waals surface area contributed by atoms with Crippen molar-refractivity contribution in [3.63, 3.8) is 0 Å². The van der Waals surface area contributed by atoms with E-state index >= 15 is 0 Å². The van der Waals surface area contributed by atoms with E-state index < -0.39 is 0 Å². The van der Waals surface area contributed by atoms with Crippen molar-refractivity contribution in [1.82, 2.24) is 0 Å². The van der Waals surface area contributed by atoms with Gasteiger partial charge in [0.25, 0.3) is 0 Å². The third kappa shape index (κ3) is 1.99. The third-order valence-corrected chi connectivity index (χ3v) is 4.76. The average molecular weight is 196 g/mol. The number of hydrogen-bond acceptors (Lipinski definition) is 0. The molecule has 0 heterocycles. The Morgan fingerprint density at radius 1 is 1.07 bits per heavy atom.